The van der Waals surface area contributed by atoms with Crippen LogP contribution in [0.15, 0.2) is 72.8 Å². The zero-order valence-corrected chi connectivity index (χ0v) is 63.0. The Hall–Kier alpha value is -9.21. The van der Waals surface area contributed by atoms with Crippen LogP contribution in [0.25, 0.3) is 86.2 Å². The van der Waals surface area contributed by atoms with E-state index >= 15 is 38.4 Å². The summed E-state index contributed by atoms with van der Waals surface area (Å²) in [6.07, 6.45) is 4.55. The molecule has 4 aliphatic rings. The van der Waals surface area contributed by atoms with Crippen LogP contribution in [0.5, 0.6) is 11.5 Å². The van der Waals surface area contributed by atoms with Gasteiger partial charge in [-0.2, -0.15) is 0 Å². The lowest BCUT2D eigenvalue weighted by atomic mass is 9.79. The van der Waals surface area contributed by atoms with Gasteiger partial charge in [-0.05, 0) is 184 Å². The van der Waals surface area contributed by atoms with Gasteiger partial charge in [0.05, 0.1) is 35.5 Å². The molecule has 0 spiro atoms. The summed E-state index contributed by atoms with van der Waals surface area (Å²) in [7, 11) is 0. The van der Waals surface area contributed by atoms with Crippen molar-refractivity contribution in [2.45, 2.75) is 221 Å². The molecule has 10 aromatic rings. The number of benzene rings is 10. The minimum absolute atomic E-state index is 0.0186. The Balaban J connectivity index is 1.14. The van der Waals surface area contributed by atoms with Crippen molar-refractivity contribution in [1.82, 2.24) is 19.6 Å². The summed E-state index contributed by atoms with van der Waals surface area (Å²) in [6, 6.07) is 19.8. The molecule has 0 radical (unpaired) electrons. The molecule has 1 unspecified atom stereocenters. The normalized spacial score (nSPS) is 15.8. The summed E-state index contributed by atoms with van der Waals surface area (Å²) in [5.74, 6) is 4.23. The molecule has 8 amide bonds. The number of carbonyl (C=O) groups is 8. The molecule has 0 saturated heterocycles. The summed E-state index contributed by atoms with van der Waals surface area (Å²) >= 11 is 5.10. The van der Waals surface area contributed by atoms with Crippen LogP contribution in [0, 0.1) is 11.8 Å². The van der Waals surface area contributed by atoms with Gasteiger partial charge in [-0.15, -0.1) is 12.6 Å². The smallest absolute Gasteiger partial charge is 0.261 e. The Labute approximate surface area is 606 Å². The Morgan fingerprint density at radius 1 is 0.340 bits per heavy atom. The zero-order valence-electron chi connectivity index (χ0n) is 62.2. The van der Waals surface area contributed by atoms with Crippen molar-refractivity contribution in [3.05, 3.63) is 128 Å². The Morgan fingerprint density at radius 2 is 0.612 bits per heavy atom. The lowest BCUT2D eigenvalue weighted by molar-refractivity contribution is -0.0466. The molecule has 0 bridgehead atoms. The molecule has 0 N–H and O–H groups in total. The Kier molecular flexibility index (Phi) is 17.4. The molecule has 103 heavy (non-hydrogen) atoms. The van der Waals surface area contributed by atoms with Crippen LogP contribution in [0.1, 0.15) is 269 Å². The highest BCUT2D eigenvalue weighted by Gasteiger charge is 2.45. The minimum atomic E-state index is -1.31. The number of amides is 8. The number of carbonyl (C=O) groups excluding carboxylic acids is 8. The Morgan fingerprint density at radius 3 is 0.913 bits per heavy atom. The van der Waals surface area contributed by atoms with Gasteiger partial charge in [0.1, 0.15) is 17.1 Å². The van der Waals surface area contributed by atoms with Gasteiger partial charge in [-0.25, -0.2) is 0 Å². The minimum Gasteiger partial charge on any atom is -0.487 e. The first-order valence-electron chi connectivity index (χ1n) is 36.8. The van der Waals surface area contributed by atoms with E-state index in [-0.39, 0.29) is 34.6 Å². The van der Waals surface area contributed by atoms with Crippen LogP contribution >= 0.6 is 12.6 Å². The van der Waals surface area contributed by atoms with Crippen LogP contribution in [-0.2, 0) is 9.47 Å². The SMILES string of the molecule is CCC(CC)N1C(=O)c2ccc3c4c(OC(C)(C)CCOC(C)(C)C)cc5c6c(ccc(c7c(C#Cc8cc9c%10c(ccc%11c%12c(OC(C)(S)COC(C)(C)C)cc%13c%14c(ccc(c8c%10%11)c%14%12)C(=O)N(C(CC)CC)C%13=O)C(=O)N(C(CC)CC)C9=O)cc(c2c37)C1=O)c64)C(=O)N(C(CC)CC)C5=O. The lowest BCUT2D eigenvalue weighted by Gasteiger charge is -2.36. The highest BCUT2D eigenvalue weighted by molar-refractivity contribution is 7.81. The standard InChI is InChI=1S/C86H90N4O12S/c1-18-45(19-2)87-75(91)53-34-30-51-69-61(101-85(15,16)36-37-99-83(9,10)11)40-59-67-55(77(93)89(81(59)97)47(22-5)23-6)32-28-49(73(67)69)63-43(38-57(79(87)95)65(53)71(51)63)26-27-44-39-58-66-54(76(92)88(80(58)96)46(20-3)21-4)35-31-52-70-62(102-86(17,103)42-100-84(12,13)14)41-60-68-56(33-29-50(74(68)70)64(44)72(52)66)78(94)90(82(60)98)48(24-7)25-8/h28-35,38-41,45-48,103H,18-25,36-37,42H2,1-17H3. The first-order chi connectivity index (χ1) is 48.8. The van der Waals surface area contributed by atoms with Crippen molar-refractivity contribution in [2.24, 2.45) is 0 Å². The van der Waals surface area contributed by atoms with Crippen LogP contribution in [0.4, 0.5) is 0 Å². The molecule has 0 saturated carbocycles. The second kappa shape index (κ2) is 25.3. The van der Waals surface area contributed by atoms with E-state index in [1.165, 1.54) is 19.6 Å². The van der Waals surface area contributed by atoms with Crippen LogP contribution < -0.4 is 9.47 Å². The van der Waals surface area contributed by atoms with Gasteiger partial charge in [0.25, 0.3) is 47.3 Å². The number of hydrogen-bond acceptors (Lipinski definition) is 13. The van der Waals surface area contributed by atoms with Crippen molar-refractivity contribution in [3.8, 4) is 23.3 Å². The number of fused-ring (bicyclic) bond motifs is 4. The van der Waals surface area contributed by atoms with E-state index in [9.17, 15) is 0 Å². The third kappa shape index (κ3) is 10.9. The Bertz CT molecular complexity index is 5450. The first kappa shape index (κ1) is 70.8. The second-order valence-corrected chi connectivity index (χ2v) is 32.2. The highest BCUT2D eigenvalue weighted by atomic mass is 32.1. The molecule has 4 heterocycles. The van der Waals surface area contributed by atoms with Crippen molar-refractivity contribution in [3.63, 3.8) is 0 Å². The maximum Gasteiger partial charge on any atom is 0.261 e. The van der Waals surface area contributed by atoms with E-state index in [2.05, 4.69) is 11.8 Å². The molecule has 4 aliphatic heterocycles. The fourth-order valence-electron chi connectivity index (χ4n) is 16.9. The summed E-state index contributed by atoms with van der Waals surface area (Å²) in [6.45, 7) is 33.5. The lowest BCUT2D eigenvalue weighted by Crippen LogP contribution is -2.46. The molecule has 10 aromatic carbocycles. The molecule has 0 fully saturated rings. The third-order valence-corrected chi connectivity index (χ3v) is 22.2. The van der Waals surface area contributed by atoms with E-state index in [4.69, 9.17) is 31.6 Å². The zero-order chi connectivity index (χ0) is 73.9. The van der Waals surface area contributed by atoms with E-state index in [1.54, 1.807) is 55.5 Å². The molecular weight excluding hydrogens is 1310 g/mol. The largest absolute Gasteiger partial charge is 0.487 e. The molecular formula is C86H90N4O12S. The van der Waals surface area contributed by atoms with Gasteiger partial charge in [0.15, 0.2) is 4.93 Å². The fourth-order valence-corrected chi connectivity index (χ4v) is 17.1. The van der Waals surface area contributed by atoms with Crippen molar-refractivity contribution < 1.29 is 57.3 Å². The van der Waals surface area contributed by atoms with Crippen LogP contribution in [-0.4, -0.2) is 126 Å². The summed E-state index contributed by atoms with van der Waals surface area (Å²) in [5, 5.41) is 8.25. The number of imide groups is 4. The number of nitrogens with zero attached hydrogens (tertiary/aromatic N) is 4. The number of ether oxygens (including phenoxy) is 4. The molecule has 0 aromatic heterocycles. The predicted octanol–water partition coefficient (Wildman–Crippen LogP) is 18.5. The first-order valence-corrected chi connectivity index (χ1v) is 37.3. The maximum atomic E-state index is 15.8. The van der Waals surface area contributed by atoms with Gasteiger partial charge >= 0.3 is 0 Å². The van der Waals surface area contributed by atoms with Gasteiger partial charge in [0.2, 0.25) is 0 Å². The molecule has 0 aliphatic carbocycles. The van der Waals surface area contributed by atoms with Gasteiger partial charge in [0, 0.05) is 140 Å². The topological polar surface area (TPSA) is 186 Å². The van der Waals surface area contributed by atoms with Gasteiger partial charge in [-0.3, -0.25) is 58.0 Å². The third-order valence-electron chi connectivity index (χ3n) is 22.0. The average molecular weight is 1400 g/mol. The molecule has 1 atom stereocenters. The number of rotatable bonds is 21. The van der Waals surface area contributed by atoms with Gasteiger partial charge in [-0.1, -0.05) is 91.5 Å². The van der Waals surface area contributed by atoms with Crippen LogP contribution in [0.3, 0.4) is 0 Å². The van der Waals surface area contributed by atoms with E-state index in [0.29, 0.717) is 190 Å². The maximum absolute atomic E-state index is 15.8. The molecule has 16 nitrogen and oxygen atoms in total. The monoisotopic (exact) mass is 1400 g/mol. The molecule has 532 valence electrons. The summed E-state index contributed by atoms with van der Waals surface area (Å²) in [4.78, 5) is 128. The van der Waals surface area contributed by atoms with Crippen molar-refractivity contribution >= 4 is 146 Å². The fraction of sp³-hybridized carbons (Fsp3) is 0.419. The summed E-state index contributed by atoms with van der Waals surface area (Å²) < 4.78 is 27.0. The van der Waals surface area contributed by atoms with E-state index in [0.717, 1.165) is 0 Å². The average Bonchev–Trinajstić information content (AvgIpc) is 0.684. The molecule has 17 heteroatoms. The summed E-state index contributed by atoms with van der Waals surface area (Å²) in [5.41, 5.74) is 1.06. The van der Waals surface area contributed by atoms with Crippen LogP contribution in [0.2, 0.25) is 0 Å². The number of hydrogen-bond donors (Lipinski definition) is 1. The van der Waals surface area contributed by atoms with E-state index in [1.807, 2.05) is 135 Å². The quantitative estimate of drug-likeness (QED) is 0.0179. The van der Waals surface area contributed by atoms with Gasteiger partial charge < -0.3 is 18.9 Å². The predicted molar refractivity (Wildman–Crippen MR) is 410 cm³/mol. The second-order valence-electron chi connectivity index (χ2n) is 31.2. The molecule has 14 rings (SSSR count). The van der Waals surface area contributed by atoms with Crippen molar-refractivity contribution in [1.29, 1.82) is 0 Å². The van der Waals surface area contributed by atoms with E-state index < -0.39 is 93.2 Å². The highest BCUT2D eigenvalue weighted by Crippen LogP contribution is 2.54. The van der Waals surface area contributed by atoms with Crippen molar-refractivity contribution in [2.75, 3.05) is 13.2 Å². The number of thiol groups is 1.